The lowest BCUT2D eigenvalue weighted by atomic mass is 9.91. The number of hydrogen-bond acceptors (Lipinski definition) is 3. The number of nitrogens with two attached hydrogens (primary N) is 1. The van der Waals surface area contributed by atoms with Crippen LogP contribution in [0.3, 0.4) is 0 Å². The molecule has 0 radical (unpaired) electrons. The minimum Gasteiger partial charge on any atom is -0.387 e. The maximum Gasteiger partial charge on any atom is 0.0947 e. The molecule has 0 aromatic carbocycles. The maximum absolute atomic E-state index is 7.48. The van der Waals surface area contributed by atoms with Gasteiger partial charge in [0.1, 0.15) is 0 Å². The van der Waals surface area contributed by atoms with Crippen molar-refractivity contribution in [2.24, 2.45) is 11.7 Å². The normalized spacial score (nSPS) is 27.1. The second-order valence-corrected chi connectivity index (χ2v) is 5.12. The Balaban J connectivity index is 2.51. The third-order valence-electron chi connectivity index (χ3n) is 3.89. The fraction of sp³-hybridized carbons (Fsp3) is 0.923. The van der Waals surface area contributed by atoms with Gasteiger partial charge in [-0.05, 0) is 32.2 Å². The molecule has 0 aromatic heterocycles. The molecule has 1 saturated carbocycles. The van der Waals surface area contributed by atoms with E-state index in [1.807, 2.05) is 14.0 Å². The molecule has 0 aromatic rings. The van der Waals surface area contributed by atoms with Crippen molar-refractivity contribution in [3.63, 3.8) is 0 Å². The first-order valence-electron chi connectivity index (χ1n) is 6.69. The summed E-state index contributed by atoms with van der Waals surface area (Å²) in [7, 11) is 1.81. The van der Waals surface area contributed by atoms with Crippen molar-refractivity contribution in [3.05, 3.63) is 0 Å². The van der Waals surface area contributed by atoms with E-state index in [0.29, 0.717) is 18.0 Å². The van der Waals surface area contributed by atoms with E-state index >= 15 is 0 Å². The van der Waals surface area contributed by atoms with Gasteiger partial charge in [-0.2, -0.15) is 0 Å². The van der Waals surface area contributed by atoms with Crippen LogP contribution < -0.4 is 5.73 Å². The number of ether oxygens (including phenoxy) is 1. The van der Waals surface area contributed by atoms with Crippen LogP contribution in [0, 0.1) is 11.3 Å². The van der Waals surface area contributed by atoms with Gasteiger partial charge in [-0.25, -0.2) is 0 Å². The zero-order valence-corrected chi connectivity index (χ0v) is 11.4. The second kappa shape index (κ2) is 6.97. The Hall–Kier alpha value is -0.610. The molecule has 1 aliphatic carbocycles. The fourth-order valence-electron chi connectivity index (χ4n) is 2.65. The standard InChI is InChI=1S/C13H27N3O/c1-4-16(9-10(2)13(14)15)11-6-5-7-12(8-11)17-3/h10-12H,4-9H2,1-3H3,(H3,14,15). The number of nitrogens with zero attached hydrogens (tertiary/aromatic N) is 1. The topological polar surface area (TPSA) is 62.3 Å². The number of rotatable bonds is 6. The van der Waals surface area contributed by atoms with E-state index in [0.717, 1.165) is 19.5 Å². The Bertz CT molecular complexity index is 245. The SMILES string of the molecule is CCN(CC(C)C(=N)N)C1CCCC(OC)C1. The molecular formula is C13H27N3O. The lowest BCUT2D eigenvalue weighted by molar-refractivity contribution is 0.0276. The molecule has 100 valence electrons. The minimum absolute atomic E-state index is 0.151. The Kier molecular flexibility index (Phi) is 5.92. The molecule has 1 rings (SSSR count). The second-order valence-electron chi connectivity index (χ2n) is 5.12. The van der Waals surface area contributed by atoms with Gasteiger partial charge in [0.15, 0.2) is 0 Å². The van der Waals surface area contributed by atoms with E-state index in [-0.39, 0.29) is 5.92 Å². The van der Waals surface area contributed by atoms with Crippen LogP contribution in [0.4, 0.5) is 0 Å². The summed E-state index contributed by atoms with van der Waals surface area (Å²) in [6, 6.07) is 0.598. The molecule has 0 saturated heterocycles. The lowest BCUT2D eigenvalue weighted by Gasteiger charge is -2.37. The Morgan fingerprint density at radius 2 is 2.24 bits per heavy atom. The summed E-state index contributed by atoms with van der Waals surface area (Å²) in [6.45, 7) is 6.14. The van der Waals surface area contributed by atoms with Crippen LogP contribution >= 0.6 is 0 Å². The highest BCUT2D eigenvalue weighted by Gasteiger charge is 2.26. The smallest absolute Gasteiger partial charge is 0.0947 e. The summed E-state index contributed by atoms with van der Waals surface area (Å²) < 4.78 is 5.47. The van der Waals surface area contributed by atoms with Crippen molar-refractivity contribution in [3.8, 4) is 0 Å². The summed E-state index contributed by atoms with van der Waals surface area (Å²) in [5, 5.41) is 7.48. The minimum atomic E-state index is 0.151. The molecule has 0 aliphatic heterocycles. The van der Waals surface area contributed by atoms with Crippen molar-refractivity contribution < 1.29 is 4.74 Å². The van der Waals surface area contributed by atoms with E-state index in [1.165, 1.54) is 19.3 Å². The van der Waals surface area contributed by atoms with Crippen molar-refractivity contribution in [1.29, 1.82) is 5.41 Å². The average Bonchev–Trinajstić information content (AvgIpc) is 2.35. The maximum atomic E-state index is 7.48. The van der Waals surface area contributed by atoms with Gasteiger partial charge in [-0.3, -0.25) is 10.3 Å². The zero-order valence-electron chi connectivity index (χ0n) is 11.4. The lowest BCUT2D eigenvalue weighted by Crippen LogP contribution is -2.44. The summed E-state index contributed by atoms with van der Waals surface area (Å²) in [5.74, 6) is 0.445. The molecule has 17 heavy (non-hydrogen) atoms. The molecular weight excluding hydrogens is 214 g/mol. The molecule has 3 atom stereocenters. The molecule has 3 N–H and O–H groups in total. The van der Waals surface area contributed by atoms with E-state index in [9.17, 15) is 0 Å². The van der Waals surface area contributed by atoms with Gasteiger partial charge >= 0.3 is 0 Å². The van der Waals surface area contributed by atoms with Crippen molar-refractivity contribution in [2.75, 3.05) is 20.2 Å². The molecule has 0 spiro atoms. The molecule has 0 heterocycles. The van der Waals surface area contributed by atoms with Crippen molar-refractivity contribution in [1.82, 2.24) is 4.90 Å². The predicted molar refractivity (Wildman–Crippen MR) is 71.4 cm³/mol. The van der Waals surface area contributed by atoms with Gasteiger partial charge in [-0.15, -0.1) is 0 Å². The van der Waals surface area contributed by atoms with Crippen LogP contribution in [0.5, 0.6) is 0 Å². The van der Waals surface area contributed by atoms with Gasteiger partial charge in [-0.1, -0.05) is 13.8 Å². The van der Waals surface area contributed by atoms with Gasteiger partial charge in [0.05, 0.1) is 11.9 Å². The molecule has 4 nitrogen and oxygen atoms in total. The van der Waals surface area contributed by atoms with Crippen molar-refractivity contribution in [2.45, 2.75) is 51.7 Å². The van der Waals surface area contributed by atoms with Crippen LogP contribution in [-0.4, -0.2) is 43.1 Å². The first kappa shape index (κ1) is 14.5. The number of hydrogen-bond donors (Lipinski definition) is 2. The van der Waals surface area contributed by atoms with Gasteiger partial charge in [0.2, 0.25) is 0 Å². The Labute approximate surface area is 105 Å². The van der Waals surface area contributed by atoms with Gasteiger partial charge in [0, 0.05) is 25.6 Å². The highest BCUT2D eigenvalue weighted by Crippen LogP contribution is 2.25. The number of methoxy groups -OCH3 is 1. The highest BCUT2D eigenvalue weighted by molar-refractivity contribution is 5.79. The Morgan fingerprint density at radius 1 is 1.53 bits per heavy atom. The quantitative estimate of drug-likeness (QED) is 0.551. The monoisotopic (exact) mass is 241 g/mol. The summed E-state index contributed by atoms with van der Waals surface area (Å²) in [5.41, 5.74) is 5.55. The fourth-order valence-corrected chi connectivity index (χ4v) is 2.65. The molecule has 0 amide bonds. The number of amidine groups is 1. The zero-order chi connectivity index (χ0) is 12.8. The van der Waals surface area contributed by atoms with Gasteiger partial charge in [0.25, 0.3) is 0 Å². The third-order valence-corrected chi connectivity index (χ3v) is 3.89. The third kappa shape index (κ3) is 4.28. The highest BCUT2D eigenvalue weighted by atomic mass is 16.5. The molecule has 1 fully saturated rings. The van der Waals surface area contributed by atoms with Crippen molar-refractivity contribution >= 4 is 5.84 Å². The molecule has 3 unspecified atom stereocenters. The average molecular weight is 241 g/mol. The van der Waals surface area contributed by atoms with Gasteiger partial charge < -0.3 is 10.5 Å². The van der Waals surface area contributed by atoms with Crippen LogP contribution in [0.15, 0.2) is 0 Å². The van der Waals surface area contributed by atoms with E-state index in [4.69, 9.17) is 15.9 Å². The largest absolute Gasteiger partial charge is 0.387 e. The van der Waals surface area contributed by atoms with E-state index in [1.54, 1.807) is 0 Å². The van der Waals surface area contributed by atoms with Crippen LogP contribution in [-0.2, 0) is 4.74 Å². The molecule has 4 heteroatoms. The molecule has 0 bridgehead atoms. The first-order valence-corrected chi connectivity index (χ1v) is 6.69. The summed E-state index contributed by atoms with van der Waals surface area (Å²) in [6.07, 6.45) is 5.21. The van der Waals surface area contributed by atoms with E-state index < -0.39 is 0 Å². The predicted octanol–water partition coefficient (Wildman–Crippen LogP) is 1.84. The Morgan fingerprint density at radius 3 is 2.76 bits per heavy atom. The van der Waals surface area contributed by atoms with Crippen LogP contribution in [0.2, 0.25) is 0 Å². The number of nitrogens with one attached hydrogen (secondary N) is 1. The summed E-state index contributed by atoms with van der Waals surface area (Å²) >= 11 is 0. The molecule has 1 aliphatic rings. The van der Waals surface area contributed by atoms with E-state index in [2.05, 4.69) is 11.8 Å². The van der Waals surface area contributed by atoms with Crippen LogP contribution in [0.25, 0.3) is 0 Å². The van der Waals surface area contributed by atoms with Crippen LogP contribution in [0.1, 0.15) is 39.5 Å². The first-order chi connectivity index (χ1) is 8.08. The summed E-state index contributed by atoms with van der Waals surface area (Å²) in [4.78, 5) is 2.46.